The number of hydrogen-bond donors (Lipinski definition) is 2. The Morgan fingerprint density at radius 1 is 1.32 bits per heavy atom. The van der Waals surface area contributed by atoms with Gasteiger partial charge in [-0.2, -0.15) is 0 Å². The van der Waals surface area contributed by atoms with E-state index in [2.05, 4.69) is 10.6 Å². The van der Waals surface area contributed by atoms with Crippen LogP contribution in [-0.4, -0.2) is 25.6 Å². The number of rotatable bonds is 4. The SMILES string of the molecule is CC(=O)Nc1ccc(OCC2CCNCC2)cc1.Cl. The molecule has 1 fully saturated rings. The molecule has 0 saturated carbocycles. The summed E-state index contributed by atoms with van der Waals surface area (Å²) in [4.78, 5) is 10.9. The number of carbonyl (C=O) groups excluding carboxylic acids is 1. The Balaban J connectivity index is 0.00000180. The standard InChI is InChI=1S/C14H20N2O2.ClH/c1-11(17)16-13-2-4-14(5-3-13)18-10-12-6-8-15-9-7-12;/h2-5,12,15H,6-10H2,1H3,(H,16,17);1H. The number of amides is 1. The Bertz CT molecular complexity index is 389. The van der Waals surface area contributed by atoms with Crippen molar-refractivity contribution >= 4 is 24.0 Å². The van der Waals surface area contributed by atoms with Crippen molar-refractivity contribution in [2.75, 3.05) is 25.0 Å². The van der Waals surface area contributed by atoms with Gasteiger partial charge in [0, 0.05) is 12.6 Å². The molecule has 2 rings (SSSR count). The molecule has 0 unspecified atom stereocenters. The summed E-state index contributed by atoms with van der Waals surface area (Å²) in [5.74, 6) is 1.46. The van der Waals surface area contributed by atoms with E-state index in [0.717, 1.165) is 31.1 Å². The van der Waals surface area contributed by atoms with Gasteiger partial charge in [-0.25, -0.2) is 0 Å². The van der Waals surface area contributed by atoms with Crippen LogP contribution in [0.2, 0.25) is 0 Å². The van der Waals surface area contributed by atoms with Crippen LogP contribution in [0.15, 0.2) is 24.3 Å². The molecule has 0 aromatic heterocycles. The minimum atomic E-state index is -0.0571. The number of halogens is 1. The van der Waals surface area contributed by atoms with E-state index in [-0.39, 0.29) is 18.3 Å². The maximum Gasteiger partial charge on any atom is 0.221 e. The van der Waals surface area contributed by atoms with Crippen molar-refractivity contribution in [2.24, 2.45) is 5.92 Å². The molecule has 1 heterocycles. The van der Waals surface area contributed by atoms with E-state index < -0.39 is 0 Å². The van der Waals surface area contributed by atoms with E-state index in [1.165, 1.54) is 19.8 Å². The number of ether oxygens (including phenoxy) is 1. The highest BCUT2D eigenvalue weighted by Gasteiger charge is 2.13. The highest BCUT2D eigenvalue weighted by molar-refractivity contribution is 5.88. The minimum Gasteiger partial charge on any atom is -0.493 e. The lowest BCUT2D eigenvalue weighted by Gasteiger charge is -2.22. The second-order valence-corrected chi connectivity index (χ2v) is 4.71. The van der Waals surface area contributed by atoms with Gasteiger partial charge >= 0.3 is 0 Å². The van der Waals surface area contributed by atoms with Crippen LogP contribution >= 0.6 is 12.4 Å². The molecule has 1 aliphatic heterocycles. The summed E-state index contributed by atoms with van der Waals surface area (Å²) in [5, 5.41) is 6.08. The molecule has 19 heavy (non-hydrogen) atoms. The summed E-state index contributed by atoms with van der Waals surface area (Å²) in [6, 6.07) is 7.51. The molecule has 1 saturated heterocycles. The summed E-state index contributed by atoms with van der Waals surface area (Å²) in [7, 11) is 0. The first kappa shape index (κ1) is 15.8. The smallest absolute Gasteiger partial charge is 0.221 e. The number of anilines is 1. The first-order chi connectivity index (χ1) is 8.74. The first-order valence-corrected chi connectivity index (χ1v) is 6.45. The van der Waals surface area contributed by atoms with Crippen molar-refractivity contribution in [3.63, 3.8) is 0 Å². The zero-order valence-electron chi connectivity index (χ0n) is 11.1. The fourth-order valence-electron chi connectivity index (χ4n) is 2.10. The topological polar surface area (TPSA) is 50.4 Å². The van der Waals surface area contributed by atoms with Crippen LogP contribution in [-0.2, 0) is 4.79 Å². The number of piperidine rings is 1. The second kappa shape index (κ2) is 8.02. The lowest BCUT2D eigenvalue weighted by molar-refractivity contribution is -0.114. The van der Waals surface area contributed by atoms with Gasteiger partial charge in [0.15, 0.2) is 0 Å². The average molecular weight is 285 g/mol. The Labute approximate surface area is 120 Å². The highest BCUT2D eigenvalue weighted by Crippen LogP contribution is 2.18. The number of carbonyl (C=O) groups is 1. The van der Waals surface area contributed by atoms with Gasteiger partial charge in [0.25, 0.3) is 0 Å². The maximum atomic E-state index is 10.9. The lowest BCUT2D eigenvalue weighted by atomic mass is 9.99. The van der Waals surface area contributed by atoms with Gasteiger partial charge in [-0.1, -0.05) is 0 Å². The van der Waals surface area contributed by atoms with Gasteiger partial charge in [-0.3, -0.25) is 4.79 Å². The molecule has 1 aromatic carbocycles. The first-order valence-electron chi connectivity index (χ1n) is 6.45. The average Bonchev–Trinajstić information content (AvgIpc) is 2.38. The Kier molecular flexibility index (Phi) is 6.67. The number of benzene rings is 1. The number of hydrogen-bond acceptors (Lipinski definition) is 3. The van der Waals surface area contributed by atoms with E-state index in [9.17, 15) is 4.79 Å². The quantitative estimate of drug-likeness (QED) is 0.893. The van der Waals surface area contributed by atoms with Crippen LogP contribution < -0.4 is 15.4 Å². The van der Waals surface area contributed by atoms with Crippen LogP contribution in [0, 0.1) is 5.92 Å². The fourth-order valence-corrected chi connectivity index (χ4v) is 2.10. The third-order valence-electron chi connectivity index (χ3n) is 3.12. The Hall–Kier alpha value is -1.26. The Morgan fingerprint density at radius 3 is 2.53 bits per heavy atom. The maximum absolute atomic E-state index is 10.9. The van der Waals surface area contributed by atoms with Crippen LogP contribution in [0.5, 0.6) is 5.75 Å². The third kappa shape index (κ3) is 5.49. The molecule has 0 spiro atoms. The van der Waals surface area contributed by atoms with Gasteiger partial charge in [0.2, 0.25) is 5.91 Å². The minimum absolute atomic E-state index is 0. The molecule has 0 radical (unpaired) electrons. The molecule has 0 atom stereocenters. The van der Waals surface area contributed by atoms with Crippen molar-refractivity contribution in [1.29, 1.82) is 0 Å². The summed E-state index contributed by atoms with van der Waals surface area (Å²) >= 11 is 0. The van der Waals surface area contributed by atoms with Gasteiger partial charge in [0.1, 0.15) is 5.75 Å². The fraction of sp³-hybridized carbons (Fsp3) is 0.500. The van der Waals surface area contributed by atoms with E-state index in [4.69, 9.17) is 4.74 Å². The molecule has 5 heteroatoms. The van der Waals surface area contributed by atoms with Crippen molar-refractivity contribution in [3.8, 4) is 5.75 Å². The van der Waals surface area contributed by atoms with E-state index in [1.807, 2.05) is 24.3 Å². The van der Waals surface area contributed by atoms with Gasteiger partial charge in [0.05, 0.1) is 6.61 Å². The van der Waals surface area contributed by atoms with E-state index in [1.54, 1.807) is 0 Å². The third-order valence-corrected chi connectivity index (χ3v) is 3.12. The predicted molar refractivity (Wildman–Crippen MR) is 79.1 cm³/mol. The summed E-state index contributed by atoms with van der Waals surface area (Å²) in [6.07, 6.45) is 2.37. The molecule has 1 amide bonds. The summed E-state index contributed by atoms with van der Waals surface area (Å²) < 4.78 is 5.76. The normalized spacial score (nSPS) is 15.4. The van der Waals surface area contributed by atoms with Crippen LogP contribution in [0.25, 0.3) is 0 Å². The second-order valence-electron chi connectivity index (χ2n) is 4.71. The van der Waals surface area contributed by atoms with Gasteiger partial charge in [-0.05, 0) is 56.1 Å². The largest absolute Gasteiger partial charge is 0.493 e. The van der Waals surface area contributed by atoms with Gasteiger partial charge < -0.3 is 15.4 Å². The van der Waals surface area contributed by atoms with Crippen molar-refractivity contribution in [3.05, 3.63) is 24.3 Å². The molecular formula is C14H21ClN2O2. The molecular weight excluding hydrogens is 264 g/mol. The monoisotopic (exact) mass is 284 g/mol. The van der Waals surface area contributed by atoms with Crippen molar-refractivity contribution in [2.45, 2.75) is 19.8 Å². The van der Waals surface area contributed by atoms with Gasteiger partial charge in [-0.15, -0.1) is 12.4 Å². The summed E-state index contributed by atoms with van der Waals surface area (Å²) in [6.45, 7) is 4.47. The molecule has 0 bridgehead atoms. The molecule has 1 aliphatic rings. The van der Waals surface area contributed by atoms with Crippen molar-refractivity contribution in [1.82, 2.24) is 5.32 Å². The van der Waals surface area contributed by atoms with E-state index in [0.29, 0.717) is 5.92 Å². The predicted octanol–water partition coefficient (Wildman–Crippen LogP) is 2.45. The zero-order valence-corrected chi connectivity index (χ0v) is 12.0. The lowest BCUT2D eigenvalue weighted by Crippen LogP contribution is -2.30. The summed E-state index contributed by atoms with van der Waals surface area (Å²) in [5.41, 5.74) is 0.803. The van der Waals surface area contributed by atoms with Crippen LogP contribution in [0.1, 0.15) is 19.8 Å². The van der Waals surface area contributed by atoms with Crippen LogP contribution in [0.3, 0.4) is 0 Å². The highest BCUT2D eigenvalue weighted by atomic mass is 35.5. The molecule has 2 N–H and O–H groups in total. The van der Waals surface area contributed by atoms with E-state index >= 15 is 0 Å². The van der Waals surface area contributed by atoms with Crippen LogP contribution in [0.4, 0.5) is 5.69 Å². The molecule has 1 aromatic rings. The Morgan fingerprint density at radius 2 is 1.95 bits per heavy atom. The van der Waals surface area contributed by atoms with Crippen molar-refractivity contribution < 1.29 is 9.53 Å². The zero-order chi connectivity index (χ0) is 12.8. The molecule has 0 aliphatic carbocycles. The molecule has 4 nitrogen and oxygen atoms in total. The number of nitrogens with one attached hydrogen (secondary N) is 2. The molecule has 106 valence electrons.